The first-order valence-corrected chi connectivity index (χ1v) is 6.36. The first kappa shape index (κ1) is 14.2. The molecule has 0 saturated heterocycles. The number of hydrogen-bond acceptors (Lipinski definition) is 5. The molecule has 0 saturated carbocycles. The highest BCUT2D eigenvalue weighted by Gasteiger charge is 2.21. The SMILES string of the molecule is Cc1cc(C)c(Oc2nc[nH]c(=O)c2Br)c([N+](=O)[O-])c1. The van der Waals surface area contributed by atoms with Gasteiger partial charge in [0.2, 0.25) is 11.6 Å². The lowest BCUT2D eigenvalue weighted by Gasteiger charge is -2.09. The van der Waals surface area contributed by atoms with Gasteiger partial charge in [-0.2, -0.15) is 0 Å². The van der Waals surface area contributed by atoms with Crippen LogP contribution < -0.4 is 10.3 Å². The lowest BCUT2D eigenvalue weighted by molar-refractivity contribution is -0.385. The molecule has 1 heterocycles. The molecule has 0 aliphatic rings. The van der Waals surface area contributed by atoms with Crippen molar-refractivity contribution in [3.05, 3.63) is 54.5 Å². The minimum atomic E-state index is -0.531. The van der Waals surface area contributed by atoms with E-state index in [-0.39, 0.29) is 21.8 Å². The number of halogens is 1. The predicted molar refractivity (Wildman–Crippen MR) is 75.2 cm³/mol. The van der Waals surface area contributed by atoms with E-state index in [9.17, 15) is 14.9 Å². The van der Waals surface area contributed by atoms with Gasteiger partial charge in [-0.3, -0.25) is 14.9 Å². The molecular formula is C12H10BrN3O4. The van der Waals surface area contributed by atoms with Gasteiger partial charge in [-0.25, -0.2) is 4.98 Å². The highest BCUT2D eigenvalue weighted by molar-refractivity contribution is 9.10. The van der Waals surface area contributed by atoms with Gasteiger partial charge >= 0.3 is 5.69 Å². The number of nitro benzene ring substituents is 1. The molecule has 7 nitrogen and oxygen atoms in total. The minimum Gasteiger partial charge on any atom is -0.430 e. The summed E-state index contributed by atoms with van der Waals surface area (Å²) in [6.07, 6.45) is 1.16. The van der Waals surface area contributed by atoms with Crippen LogP contribution in [-0.4, -0.2) is 14.9 Å². The maximum absolute atomic E-state index is 11.4. The van der Waals surface area contributed by atoms with Crippen molar-refractivity contribution in [1.29, 1.82) is 0 Å². The first-order chi connectivity index (χ1) is 9.40. The number of aromatic nitrogens is 2. The fraction of sp³-hybridized carbons (Fsp3) is 0.167. The van der Waals surface area contributed by atoms with Crippen LogP contribution in [0.1, 0.15) is 11.1 Å². The van der Waals surface area contributed by atoms with Gasteiger partial charge in [0, 0.05) is 6.07 Å². The number of ether oxygens (including phenoxy) is 1. The average Bonchev–Trinajstić information content (AvgIpc) is 2.37. The van der Waals surface area contributed by atoms with Crippen LogP contribution in [0.15, 0.2) is 27.7 Å². The van der Waals surface area contributed by atoms with Crippen LogP contribution >= 0.6 is 15.9 Å². The normalized spacial score (nSPS) is 10.3. The van der Waals surface area contributed by atoms with Gasteiger partial charge in [-0.05, 0) is 40.9 Å². The smallest absolute Gasteiger partial charge is 0.312 e. The molecule has 0 spiro atoms. The van der Waals surface area contributed by atoms with Crippen LogP contribution in [0, 0.1) is 24.0 Å². The second-order valence-electron chi connectivity index (χ2n) is 4.14. The monoisotopic (exact) mass is 339 g/mol. The second-order valence-corrected chi connectivity index (χ2v) is 4.93. The predicted octanol–water partition coefficient (Wildman–Crippen LogP) is 2.85. The van der Waals surface area contributed by atoms with Crippen molar-refractivity contribution in [2.24, 2.45) is 0 Å². The van der Waals surface area contributed by atoms with E-state index in [1.165, 1.54) is 6.07 Å². The summed E-state index contributed by atoms with van der Waals surface area (Å²) >= 11 is 3.04. The van der Waals surface area contributed by atoms with Gasteiger partial charge in [-0.15, -0.1) is 0 Å². The number of nitrogens with one attached hydrogen (secondary N) is 1. The molecule has 0 bridgehead atoms. The molecule has 2 rings (SSSR count). The summed E-state index contributed by atoms with van der Waals surface area (Å²) < 4.78 is 5.53. The third kappa shape index (κ3) is 2.69. The number of aryl methyl sites for hydroxylation is 2. The van der Waals surface area contributed by atoms with E-state index in [0.717, 1.165) is 11.9 Å². The molecule has 0 unspecified atom stereocenters. The number of benzene rings is 1. The Labute approximate surface area is 121 Å². The molecule has 0 radical (unpaired) electrons. The van der Waals surface area contributed by atoms with Crippen LogP contribution in [0.2, 0.25) is 0 Å². The van der Waals surface area contributed by atoms with Crippen molar-refractivity contribution in [2.75, 3.05) is 0 Å². The molecule has 1 aromatic carbocycles. The Morgan fingerprint density at radius 1 is 1.40 bits per heavy atom. The molecular weight excluding hydrogens is 330 g/mol. The summed E-state index contributed by atoms with van der Waals surface area (Å²) in [6.45, 7) is 3.45. The molecule has 104 valence electrons. The van der Waals surface area contributed by atoms with E-state index < -0.39 is 10.5 Å². The van der Waals surface area contributed by atoms with Crippen LogP contribution in [0.5, 0.6) is 11.6 Å². The molecule has 1 N–H and O–H groups in total. The molecule has 20 heavy (non-hydrogen) atoms. The van der Waals surface area contributed by atoms with Gasteiger partial charge in [0.05, 0.1) is 11.3 Å². The van der Waals surface area contributed by atoms with E-state index in [4.69, 9.17) is 4.74 Å². The Kier molecular flexibility index (Phi) is 3.84. The van der Waals surface area contributed by atoms with E-state index in [2.05, 4.69) is 25.9 Å². The van der Waals surface area contributed by atoms with E-state index in [1.54, 1.807) is 19.9 Å². The Bertz CT molecular complexity index is 742. The number of H-pyrrole nitrogens is 1. The van der Waals surface area contributed by atoms with Gasteiger partial charge in [0.1, 0.15) is 4.47 Å². The maximum atomic E-state index is 11.4. The van der Waals surface area contributed by atoms with Crippen molar-refractivity contribution < 1.29 is 9.66 Å². The number of rotatable bonds is 3. The zero-order chi connectivity index (χ0) is 14.9. The summed E-state index contributed by atoms with van der Waals surface area (Å²) in [5, 5.41) is 11.1. The number of nitrogens with zero attached hydrogens (tertiary/aromatic N) is 2. The van der Waals surface area contributed by atoms with Gasteiger partial charge in [0.15, 0.2) is 0 Å². The Hall–Kier alpha value is -2.22. The second kappa shape index (κ2) is 5.41. The molecule has 2 aromatic rings. The summed E-state index contributed by atoms with van der Waals surface area (Å²) in [5.74, 6) is 0.0446. The summed E-state index contributed by atoms with van der Waals surface area (Å²) in [6, 6.07) is 3.16. The first-order valence-electron chi connectivity index (χ1n) is 5.57. The third-order valence-corrected chi connectivity index (χ3v) is 3.26. The fourth-order valence-corrected chi connectivity index (χ4v) is 2.03. The van der Waals surface area contributed by atoms with Crippen LogP contribution in [-0.2, 0) is 0 Å². The third-order valence-electron chi connectivity index (χ3n) is 2.56. The maximum Gasteiger partial charge on any atom is 0.312 e. The van der Waals surface area contributed by atoms with Crippen molar-refractivity contribution >= 4 is 21.6 Å². The Balaban J connectivity index is 2.56. The fourth-order valence-electron chi connectivity index (χ4n) is 1.73. The summed E-state index contributed by atoms with van der Waals surface area (Å²) in [4.78, 5) is 28.2. The molecule has 0 aliphatic carbocycles. The topological polar surface area (TPSA) is 98.1 Å². The van der Waals surface area contributed by atoms with Gasteiger partial charge < -0.3 is 9.72 Å². The lowest BCUT2D eigenvalue weighted by atomic mass is 10.1. The van der Waals surface area contributed by atoms with Gasteiger partial charge in [0.25, 0.3) is 5.56 Å². The van der Waals surface area contributed by atoms with Crippen LogP contribution in [0.3, 0.4) is 0 Å². The van der Waals surface area contributed by atoms with E-state index >= 15 is 0 Å². The van der Waals surface area contributed by atoms with E-state index in [1.807, 2.05) is 0 Å². The summed E-state index contributed by atoms with van der Waals surface area (Å²) in [5.41, 5.74) is 0.740. The van der Waals surface area contributed by atoms with Crippen molar-refractivity contribution in [3.8, 4) is 11.6 Å². The zero-order valence-corrected chi connectivity index (χ0v) is 12.2. The van der Waals surface area contributed by atoms with Crippen molar-refractivity contribution in [2.45, 2.75) is 13.8 Å². The number of nitro groups is 1. The van der Waals surface area contributed by atoms with Crippen LogP contribution in [0.4, 0.5) is 5.69 Å². The van der Waals surface area contributed by atoms with Crippen LogP contribution in [0.25, 0.3) is 0 Å². The highest BCUT2D eigenvalue weighted by atomic mass is 79.9. The molecule has 0 fully saturated rings. The lowest BCUT2D eigenvalue weighted by Crippen LogP contribution is -2.09. The Morgan fingerprint density at radius 3 is 2.75 bits per heavy atom. The summed E-state index contributed by atoms with van der Waals surface area (Å²) in [7, 11) is 0. The quantitative estimate of drug-likeness (QED) is 0.684. The minimum absolute atomic E-state index is 0.0243. The Morgan fingerprint density at radius 2 is 2.10 bits per heavy atom. The highest BCUT2D eigenvalue weighted by Crippen LogP contribution is 2.36. The molecule has 1 aromatic heterocycles. The molecule has 8 heteroatoms. The van der Waals surface area contributed by atoms with Crippen molar-refractivity contribution in [3.63, 3.8) is 0 Å². The van der Waals surface area contributed by atoms with Crippen molar-refractivity contribution in [1.82, 2.24) is 9.97 Å². The zero-order valence-electron chi connectivity index (χ0n) is 10.6. The molecule has 0 amide bonds. The van der Waals surface area contributed by atoms with Gasteiger partial charge in [-0.1, -0.05) is 6.07 Å². The molecule has 0 aliphatic heterocycles. The average molecular weight is 340 g/mol. The number of aromatic amines is 1. The largest absolute Gasteiger partial charge is 0.430 e. The molecule has 0 atom stereocenters. The number of hydrogen-bond donors (Lipinski definition) is 1. The standard InChI is InChI=1S/C12H10BrN3O4/c1-6-3-7(2)10(8(4-6)16(18)19)20-12-9(13)11(17)14-5-15-12/h3-5H,1-2H3,(H,14,15,17). The van der Waals surface area contributed by atoms with E-state index in [0.29, 0.717) is 5.56 Å².